The summed E-state index contributed by atoms with van der Waals surface area (Å²) in [6.45, 7) is 0.902. The van der Waals surface area contributed by atoms with Gasteiger partial charge in [0.15, 0.2) is 0 Å². The highest BCUT2D eigenvalue weighted by atomic mass is 16.5. The topological polar surface area (TPSA) is 90.6 Å². The van der Waals surface area contributed by atoms with E-state index in [9.17, 15) is 14.7 Å². The Labute approximate surface area is 205 Å². The number of likely N-dealkylation sites (tertiary alicyclic amines) is 1. The van der Waals surface area contributed by atoms with Crippen molar-refractivity contribution in [3.8, 4) is 22.9 Å². The minimum atomic E-state index is -0.951. The molecule has 0 radical (unpaired) electrons. The summed E-state index contributed by atoms with van der Waals surface area (Å²) in [5.41, 5.74) is 3.87. The standard InChI is InChI=1S/C29H28N2O4/c30-19-22-8-10-23(11-9-22)24-12-14-27(15-13-24)35-20-26-17-25(18-28(32)33)29(34)31(26)16-4-7-21-5-2-1-3-6-21/h1-3,5-6,8-15,25-26H,4,7,16-18,20H2,(H,32,33)/t25-,26-/m0/s1. The first kappa shape index (κ1) is 24.0. The SMILES string of the molecule is N#Cc1ccc(-c2ccc(OC[C@@H]3C[C@@H](CC(=O)O)C(=O)N3CCCc3ccccc3)cc2)cc1. The lowest BCUT2D eigenvalue weighted by Gasteiger charge is -2.25. The van der Waals surface area contributed by atoms with E-state index in [2.05, 4.69) is 18.2 Å². The van der Waals surface area contributed by atoms with Crippen LogP contribution in [0.2, 0.25) is 0 Å². The summed E-state index contributed by atoms with van der Waals surface area (Å²) in [6.07, 6.45) is 2.01. The Balaban J connectivity index is 1.37. The van der Waals surface area contributed by atoms with Gasteiger partial charge in [-0.1, -0.05) is 54.6 Å². The quantitative estimate of drug-likeness (QED) is 0.456. The largest absolute Gasteiger partial charge is 0.491 e. The van der Waals surface area contributed by atoms with Crippen molar-refractivity contribution in [1.29, 1.82) is 5.26 Å². The molecule has 178 valence electrons. The van der Waals surface area contributed by atoms with Crippen LogP contribution in [0.25, 0.3) is 11.1 Å². The highest BCUT2D eigenvalue weighted by molar-refractivity contribution is 5.85. The molecule has 0 saturated carbocycles. The van der Waals surface area contributed by atoms with Crippen LogP contribution in [0.5, 0.6) is 5.75 Å². The average molecular weight is 469 g/mol. The molecule has 1 heterocycles. The number of nitrogens with zero attached hydrogens (tertiary/aromatic N) is 2. The van der Waals surface area contributed by atoms with E-state index in [0.717, 1.165) is 24.0 Å². The fourth-order valence-electron chi connectivity index (χ4n) is 4.57. The fourth-order valence-corrected chi connectivity index (χ4v) is 4.57. The van der Waals surface area contributed by atoms with Crippen LogP contribution in [-0.2, 0) is 16.0 Å². The molecule has 3 aromatic rings. The lowest BCUT2D eigenvalue weighted by molar-refractivity contribution is -0.142. The number of hydrogen-bond acceptors (Lipinski definition) is 4. The van der Waals surface area contributed by atoms with Gasteiger partial charge in [-0.25, -0.2) is 0 Å². The number of hydrogen-bond donors (Lipinski definition) is 1. The van der Waals surface area contributed by atoms with Gasteiger partial charge in [-0.2, -0.15) is 5.26 Å². The summed E-state index contributed by atoms with van der Waals surface area (Å²) in [6, 6.07) is 27.2. The lowest BCUT2D eigenvalue weighted by atomic mass is 10.0. The first-order valence-corrected chi connectivity index (χ1v) is 11.8. The van der Waals surface area contributed by atoms with Crippen molar-refractivity contribution in [1.82, 2.24) is 4.90 Å². The Morgan fingerprint density at radius 1 is 1.00 bits per heavy atom. The second-order valence-electron chi connectivity index (χ2n) is 8.83. The summed E-state index contributed by atoms with van der Waals surface area (Å²) >= 11 is 0. The predicted octanol–water partition coefficient (Wildman–Crippen LogP) is 4.93. The van der Waals surface area contributed by atoms with E-state index in [1.807, 2.05) is 59.5 Å². The van der Waals surface area contributed by atoms with Gasteiger partial charge in [0, 0.05) is 6.54 Å². The maximum Gasteiger partial charge on any atom is 0.304 e. The Hall–Kier alpha value is -4.11. The number of aryl methyl sites for hydroxylation is 1. The molecule has 3 aromatic carbocycles. The molecule has 1 aliphatic rings. The normalized spacial score (nSPS) is 17.2. The molecule has 1 aliphatic heterocycles. The maximum atomic E-state index is 12.9. The van der Waals surface area contributed by atoms with Gasteiger partial charge in [0.25, 0.3) is 0 Å². The highest BCUT2D eigenvalue weighted by Gasteiger charge is 2.40. The molecule has 1 saturated heterocycles. The fraction of sp³-hybridized carbons (Fsp3) is 0.276. The van der Waals surface area contributed by atoms with Crippen molar-refractivity contribution < 1.29 is 19.4 Å². The number of carbonyl (C=O) groups excluding carboxylic acids is 1. The van der Waals surface area contributed by atoms with Crippen molar-refractivity contribution >= 4 is 11.9 Å². The van der Waals surface area contributed by atoms with Gasteiger partial charge < -0.3 is 14.7 Å². The molecule has 1 fully saturated rings. The van der Waals surface area contributed by atoms with Crippen LogP contribution >= 0.6 is 0 Å². The molecule has 6 nitrogen and oxygen atoms in total. The molecule has 6 heteroatoms. The number of amides is 1. The number of aliphatic carboxylic acids is 1. The Bertz CT molecular complexity index is 1180. The van der Waals surface area contributed by atoms with Crippen molar-refractivity contribution in [2.24, 2.45) is 5.92 Å². The molecule has 0 aliphatic carbocycles. The van der Waals surface area contributed by atoms with E-state index in [1.165, 1.54) is 5.56 Å². The summed E-state index contributed by atoms with van der Waals surface area (Å²) in [5.74, 6) is -0.852. The van der Waals surface area contributed by atoms with Gasteiger partial charge in [-0.15, -0.1) is 0 Å². The molecule has 0 spiro atoms. The van der Waals surface area contributed by atoms with Gasteiger partial charge in [0.05, 0.1) is 30.0 Å². The van der Waals surface area contributed by atoms with E-state index in [4.69, 9.17) is 10.00 Å². The first-order chi connectivity index (χ1) is 17.0. The third-order valence-electron chi connectivity index (χ3n) is 6.40. The summed E-state index contributed by atoms with van der Waals surface area (Å²) < 4.78 is 6.03. The van der Waals surface area contributed by atoms with Gasteiger partial charge in [0.1, 0.15) is 12.4 Å². The number of nitriles is 1. The van der Waals surface area contributed by atoms with Crippen LogP contribution < -0.4 is 4.74 Å². The lowest BCUT2D eigenvalue weighted by Crippen LogP contribution is -2.38. The van der Waals surface area contributed by atoms with Crippen LogP contribution in [0.4, 0.5) is 0 Å². The van der Waals surface area contributed by atoms with Crippen molar-refractivity contribution in [3.05, 3.63) is 90.0 Å². The van der Waals surface area contributed by atoms with E-state index in [0.29, 0.717) is 30.9 Å². The number of carbonyl (C=O) groups is 2. The zero-order chi connectivity index (χ0) is 24.6. The number of rotatable bonds is 10. The number of ether oxygens (including phenoxy) is 1. The van der Waals surface area contributed by atoms with Crippen LogP contribution in [-0.4, -0.2) is 41.1 Å². The third kappa shape index (κ3) is 6.27. The molecule has 1 amide bonds. The smallest absolute Gasteiger partial charge is 0.304 e. The second kappa shape index (κ2) is 11.3. The molecule has 35 heavy (non-hydrogen) atoms. The van der Waals surface area contributed by atoms with Crippen molar-refractivity contribution in [3.63, 3.8) is 0 Å². The number of carboxylic acid groups (broad SMARTS) is 1. The summed E-state index contributed by atoms with van der Waals surface area (Å²) in [4.78, 5) is 26.0. The molecule has 0 unspecified atom stereocenters. The summed E-state index contributed by atoms with van der Waals surface area (Å²) in [5, 5.41) is 18.2. The highest BCUT2D eigenvalue weighted by Crippen LogP contribution is 2.29. The Morgan fingerprint density at radius 2 is 1.66 bits per heavy atom. The molecule has 1 N–H and O–H groups in total. The Morgan fingerprint density at radius 3 is 2.29 bits per heavy atom. The van der Waals surface area contributed by atoms with Gasteiger partial charge in [0.2, 0.25) is 5.91 Å². The molecular weight excluding hydrogens is 440 g/mol. The molecular formula is C29H28N2O4. The van der Waals surface area contributed by atoms with E-state index >= 15 is 0 Å². The number of benzene rings is 3. The Kier molecular flexibility index (Phi) is 7.79. The van der Waals surface area contributed by atoms with E-state index < -0.39 is 11.9 Å². The monoisotopic (exact) mass is 468 g/mol. The van der Waals surface area contributed by atoms with Crippen molar-refractivity contribution in [2.45, 2.75) is 31.7 Å². The minimum absolute atomic E-state index is 0.0924. The molecule has 0 aromatic heterocycles. The van der Waals surface area contributed by atoms with E-state index in [1.54, 1.807) is 12.1 Å². The average Bonchev–Trinajstić information content (AvgIpc) is 3.17. The zero-order valence-electron chi connectivity index (χ0n) is 19.5. The zero-order valence-corrected chi connectivity index (χ0v) is 19.5. The van der Waals surface area contributed by atoms with Crippen LogP contribution in [0.1, 0.15) is 30.4 Å². The maximum absolute atomic E-state index is 12.9. The molecule has 4 rings (SSSR count). The predicted molar refractivity (Wildman–Crippen MR) is 133 cm³/mol. The number of carboxylic acids is 1. The first-order valence-electron chi connectivity index (χ1n) is 11.8. The van der Waals surface area contributed by atoms with Crippen LogP contribution in [0.15, 0.2) is 78.9 Å². The third-order valence-corrected chi connectivity index (χ3v) is 6.40. The molecule has 2 atom stereocenters. The van der Waals surface area contributed by atoms with E-state index in [-0.39, 0.29) is 18.4 Å². The van der Waals surface area contributed by atoms with Crippen LogP contribution in [0, 0.1) is 17.2 Å². The van der Waals surface area contributed by atoms with Gasteiger partial charge in [-0.3, -0.25) is 9.59 Å². The summed E-state index contributed by atoms with van der Waals surface area (Å²) in [7, 11) is 0. The second-order valence-corrected chi connectivity index (χ2v) is 8.83. The molecule has 0 bridgehead atoms. The van der Waals surface area contributed by atoms with Crippen LogP contribution in [0.3, 0.4) is 0 Å². The van der Waals surface area contributed by atoms with Gasteiger partial charge in [-0.05, 0) is 60.2 Å². The van der Waals surface area contributed by atoms with Gasteiger partial charge >= 0.3 is 5.97 Å². The van der Waals surface area contributed by atoms with Crippen molar-refractivity contribution in [2.75, 3.05) is 13.2 Å². The minimum Gasteiger partial charge on any atom is -0.491 e.